The van der Waals surface area contributed by atoms with Gasteiger partial charge in [0.1, 0.15) is 0 Å². The number of rotatable bonds is 3. The molecule has 0 bridgehead atoms. The van der Waals surface area contributed by atoms with Gasteiger partial charge in [-0.05, 0) is 43.0 Å². The number of carbonyl (C=O) groups excluding carboxylic acids is 1. The van der Waals surface area contributed by atoms with E-state index in [1.165, 1.54) is 15.5 Å². The first-order valence-corrected chi connectivity index (χ1v) is 11.2. The van der Waals surface area contributed by atoms with Crippen LogP contribution in [-0.2, 0) is 14.8 Å². The topological polar surface area (TPSA) is 66.5 Å². The van der Waals surface area contributed by atoms with E-state index in [9.17, 15) is 13.2 Å². The Morgan fingerprint density at radius 3 is 2.67 bits per heavy atom. The van der Waals surface area contributed by atoms with Crippen LogP contribution in [0.1, 0.15) is 30.9 Å². The molecule has 1 aromatic rings. The standard InChI is InChI=1S/C16H21ClN2O3S2/c1-24(21,22)19-7-4-11(5-8-19)16(20)18-14-6-9-23-15-3-2-12(17)10-13(14)15/h2-3,10-11,14H,4-9H2,1H3,(H,18,20)/t14-/m0/s1. The summed E-state index contributed by atoms with van der Waals surface area (Å²) in [5.41, 5.74) is 1.08. The summed E-state index contributed by atoms with van der Waals surface area (Å²) in [6.07, 6.45) is 3.24. The van der Waals surface area contributed by atoms with Crippen LogP contribution in [0.3, 0.4) is 0 Å². The minimum absolute atomic E-state index is 0.0135. The summed E-state index contributed by atoms with van der Waals surface area (Å²) < 4.78 is 24.6. The Hall–Kier alpha value is -0.760. The highest BCUT2D eigenvalue weighted by molar-refractivity contribution is 7.99. The molecule has 1 atom stereocenters. The number of benzene rings is 1. The quantitative estimate of drug-likeness (QED) is 0.864. The zero-order valence-corrected chi connectivity index (χ0v) is 15.9. The van der Waals surface area contributed by atoms with Crippen LogP contribution in [0.4, 0.5) is 0 Å². The molecule has 132 valence electrons. The van der Waals surface area contributed by atoms with Crippen molar-refractivity contribution in [2.45, 2.75) is 30.2 Å². The highest BCUT2D eigenvalue weighted by atomic mass is 35.5. The van der Waals surface area contributed by atoms with Crippen LogP contribution in [0, 0.1) is 5.92 Å². The number of nitrogens with zero attached hydrogens (tertiary/aromatic N) is 1. The molecule has 0 aliphatic carbocycles. The second-order valence-electron chi connectivity index (χ2n) is 6.32. The minimum Gasteiger partial charge on any atom is -0.349 e. The number of piperidine rings is 1. The van der Waals surface area contributed by atoms with E-state index in [0.29, 0.717) is 31.0 Å². The maximum absolute atomic E-state index is 12.6. The minimum atomic E-state index is -3.16. The van der Waals surface area contributed by atoms with Gasteiger partial charge in [-0.25, -0.2) is 12.7 Å². The Morgan fingerprint density at radius 1 is 1.29 bits per heavy atom. The number of nitrogens with one attached hydrogen (secondary N) is 1. The molecule has 24 heavy (non-hydrogen) atoms. The van der Waals surface area contributed by atoms with Gasteiger partial charge in [0.05, 0.1) is 12.3 Å². The van der Waals surface area contributed by atoms with E-state index in [1.54, 1.807) is 11.8 Å². The third kappa shape index (κ3) is 4.07. The van der Waals surface area contributed by atoms with Gasteiger partial charge in [0.15, 0.2) is 0 Å². The maximum atomic E-state index is 12.6. The molecular weight excluding hydrogens is 368 g/mol. The number of sulfonamides is 1. The lowest BCUT2D eigenvalue weighted by atomic mass is 9.95. The van der Waals surface area contributed by atoms with Crippen molar-refractivity contribution in [1.29, 1.82) is 0 Å². The van der Waals surface area contributed by atoms with E-state index < -0.39 is 10.0 Å². The monoisotopic (exact) mass is 388 g/mol. The van der Waals surface area contributed by atoms with E-state index in [1.807, 2.05) is 18.2 Å². The Balaban J connectivity index is 1.64. The molecule has 2 heterocycles. The molecule has 1 saturated heterocycles. The molecular formula is C16H21ClN2O3S2. The predicted molar refractivity (Wildman–Crippen MR) is 96.8 cm³/mol. The fraction of sp³-hybridized carbons (Fsp3) is 0.562. The Bertz CT molecular complexity index is 731. The first-order chi connectivity index (χ1) is 11.3. The smallest absolute Gasteiger partial charge is 0.223 e. The molecule has 1 fully saturated rings. The SMILES string of the molecule is CS(=O)(=O)N1CCC(C(=O)N[C@H]2CCSc3ccc(Cl)cc32)CC1. The van der Waals surface area contributed by atoms with Crippen molar-refractivity contribution in [1.82, 2.24) is 9.62 Å². The number of thioether (sulfide) groups is 1. The highest BCUT2D eigenvalue weighted by Gasteiger charge is 2.31. The third-order valence-corrected chi connectivity index (χ3v) is 7.28. The fourth-order valence-corrected chi connectivity index (χ4v) is 5.41. The molecule has 0 aromatic heterocycles. The largest absolute Gasteiger partial charge is 0.349 e. The normalized spacial score (nSPS) is 22.8. The molecule has 1 amide bonds. The van der Waals surface area contributed by atoms with Gasteiger partial charge in [-0.2, -0.15) is 0 Å². The van der Waals surface area contributed by atoms with Gasteiger partial charge < -0.3 is 5.32 Å². The molecule has 2 aliphatic rings. The molecule has 0 unspecified atom stereocenters. The number of halogens is 1. The predicted octanol–water partition coefficient (Wildman–Crippen LogP) is 2.66. The van der Waals surface area contributed by atoms with Crippen LogP contribution in [0.5, 0.6) is 0 Å². The summed E-state index contributed by atoms with van der Waals surface area (Å²) in [7, 11) is -3.16. The van der Waals surface area contributed by atoms with Gasteiger partial charge in [-0.15, -0.1) is 11.8 Å². The van der Waals surface area contributed by atoms with Crippen LogP contribution < -0.4 is 5.32 Å². The lowest BCUT2D eigenvalue weighted by Crippen LogP contribution is -2.43. The van der Waals surface area contributed by atoms with E-state index in [-0.39, 0.29) is 17.9 Å². The van der Waals surface area contributed by atoms with Crippen LogP contribution >= 0.6 is 23.4 Å². The van der Waals surface area contributed by atoms with Crippen molar-refractivity contribution in [2.75, 3.05) is 25.1 Å². The van der Waals surface area contributed by atoms with Gasteiger partial charge in [0.2, 0.25) is 15.9 Å². The summed E-state index contributed by atoms with van der Waals surface area (Å²) in [5.74, 6) is 0.859. The summed E-state index contributed by atoms with van der Waals surface area (Å²) >= 11 is 7.89. The van der Waals surface area contributed by atoms with Crippen LogP contribution in [0.25, 0.3) is 0 Å². The first-order valence-electron chi connectivity index (χ1n) is 8.02. The molecule has 3 rings (SSSR count). The Kier molecular flexibility index (Phi) is 5.44. The van der Waals surface area contributed by atoms with Crippen LogP contribution in [0.15, 0.2) is 23.1 Å². The maximum Gasteiger partial charge on any atom is 0.223 e. The van der Waals surface area contributed by atoms with E-state index in [2.05, 4.69) is 5.32 Å². The zero-order valence-electron chi connectivity index (χ0n) is 13.5. The van der Waals surface area contributed by atoms with Crippen LogP contribution in [0.2, 0.25) is 5.02 Å². The molecule has 2 aliphatic heterocycles. The number of hydrogen-bond donors (Lipinski definition) is 1. The molecule has 0 saturated carbocycles. The number of amides is 1. The number of fused-ring (bicyclic) bond motifs is 1. The molecule has 5 nitrogen and oxygen atoms in total. The molecule has 8 heteroatoms. The Morgan fingerprint density at radius 2 is 2.00 bits per heavy atom. The van der Waals surface area contributed by atoms with Gasteiger partial charge in [-0.3, -0.25) is 4.79 Å². The summed E-state index contributed by atoms with van der Waals surface area (Å²) in [4.78, 5) is 13.8. The van der Waals surface area contributed by atoms with Gasteiger partial charge in [-0.1, -0.05) is 11.6 Å². The third-order valence-electron chi connectivity index (χ3n) is 4.62. The lowest BCUT2D eigenvalue weighted by Gasteiger charge is -2.32. The summed E-state index contributed by atoms with van der Waals surface area (Å²) in [6, 6.07) is 5.80. The van der Waals surface area contributed by atoms with Crippen LogP contribution in [-0.4, -0.2) is 43.7 Å². The lowest BCUT2D eigenvalue weighted by molar-refractivity contribution is -0.126. The second-order valence-corrected chi connectivity index (χ2v) is 9.87. The van der Waals surface area contributed by atoms with Gasteiger partial charge in [0, 0.05) is 34.7 Å². The molecule has 1 aromatic carbocycles. The van der Waals surface area contributed by atoms with E-state index >= 15 is 0 Å². The molecule has 0 spiro atoms. The van der Waals surface area contributed by atoms with E-state index in [0.717, 1.165) is 17.7 Å². The summed E-state index contributed by atoms with van der Waals surface area (Å²) in [5, 5.41) is 3.82. The van der Waals surface area contributed by atoms with Gasteiger partial charge >= 0.3 is 0 Å². The van der Waals surface area contributed by atoms with Crippen molar-refractivity contribution in [3.8, 4) is 0 Å². The highest BCUT2D eigenvalue weighted by Crippen LogP contribution is 2.37. The van der Waals surface area contributed by atoms with Crippen molar-refractivity contribution >= 4 is 39.3 Å². The second kappa shape index (κ2) is 7.23. The number of carbonyl (C=O) groups is 1. The van der Waals surface area contributed by atoms with Gasteiger partial charge in [0.25, 0.3) is 0 Å². The average Bonchev–Trinajstić information content (AvgIpc) is 2.54. The zero-order chi connectivity index (χ0) is 17.3. The Labute approximate surface area is 152 Å². The first kappa shape index (κ1) is 18.0. The number of hydrogen-bond acceptors (Lipinski definition) is 4. The van der Waals surface area contributed by atoms with Crippen molar-refractivity contribution in [3.05, 3.63) is 28.8 Å². The van der Waals surface area contributed by atoms with Crippen molar-refractivity contribution in [3.63, 3.8) is 0 Å². The average molecular weight is 389 g/mol. The summed E-state index contributed by atoms with van der Waals surface area (Å²) in [6.45, 7) is 0.833. The molecule has 1 N–H and O–H groups in total. The van der Waals surface area contributed by atoms with Crippen molar-refractivity contribution in [2.24, 2.45) is 5.92 Å². The molecule has 0 radical (unpaired) electrons. The fourth-order valence-electron chi connectivity index (χ4n) is 3.25. The van der Waals surface area contributed by atoms with Crippen molar-refractivity contribution < 1.29 is 13.2 Å². The van der Waals surface area contributed by atoms with E-state index in [4.69, 9.17) is 11.6 Å².